The minimum atomic E-state index is -0.165. The molecular formula is C20H20N2O3. The highest BCUT2D eigenvalue weighted by Crippen LogP contribution is 2.24. The van der Waals surface area contributed by atoms with Crippen molar-refractivity contribution in [3.8, 4) is 11.6 Å². The van der Waals surface area contributed by atoms with E-state index >= 15 is 0 Å². The Balaban J connectivity index is 1.61. The zero-order valence-corrected chi connectivity index (χ0v) is 14.5. The molecule has 1 amide bonds. The first-order chi connectivity index (χ1) is 12.0. The lowest BCUT2D eigenvalue weighted by Crippen LogP contribution is -2.23. The van der Waals surface area contributed by atoms with Gasteiger partial charge in [0, 0.05) is 18.8 Å². The van der Waals surface area contributed by atoms with Gasteiger partial charge < -0.3 is 14.5 Å². The number of ether oxygens (including phenoxy) is 1. The summed E-state index contributed by atoms with van der Waals surface area (Å²) in [5.41, 5.74) is 3.62. The second-order valence-electron chi connectivity index (χ2n) is 5.95. The Morgan fingerprint density at radius 3 is 2.68 bits per heavy atom. The SMILES string of the molecule is Cc1ccc(C)c(Oc2ccc(CNC(=O)c3ccoc3C)cn2)c1. The molecular weight excluding hydrogens is 316 g/mol. The molecule has 1 aromatic carbocycles. The van der Waals surface area contributed by atoms with Crippen molar-refractivity contribution < 1.29 is 13.9 Å². The molecule has 128 valence electrons. The molecule has 2 aromatic heterocycles. The maximum Gasteiger partial charge on any atom is 0.255 e. The zero-order chi connectivity index (χ0) is 17.8. The number of benzene rings is 1. The number of amides is 1. The molecule has 0 aliphatic heterocycles. The molecule has 0 spiro atoms. The maximum absolute atomic E-state index is 12.1. The lowest BCUT2D eigenvalue weighted by Gasteiger charge is -2.09. The molecule has 5 heteroatoms. The lowest BCUT2D eigenvalue weighted by atomic mass is 10.1. The van der Waals surface area contributed by atoms with Gasteiger partial charge in [-0.2, -0.15) is 0 Å². The summed E-state index contributed by atoms with van der Waals surface area (Å²) < 4.78 is 11.0. The van der Waals surface area contributed by atoms with Crippen LogP contribution in [0.5, 0.6) is 11.6 Å². The topological polar surface area (TPSA) is 64.4 Å². The molecule has 0 unspecified atom stereocenters. The maximum atomic E-state index is 12.1. The third-order valence-electron chi connectivity index (χ3n) is 3.91. The minimum Gasteiger partial charge on any atom is -0.469 e. The second-order valence-corrected chi connectivity index (χ2v) is 5.95. The first-order valence-electron chi connectivity index (χ1n) is 8.05. The van der Waals surface area contributed by atoms with Crippen LogP contribution < -0.4 is 10.1 Å². The van der Waals surface area contributed by atoms with E-state index in [0.29, 0.717) is 23.7 Å². The highest BCUT2D eigenvalue weighted by molar-refractivity contribution is 5.94. The van der Waals surface area contributed by atoms with E-state index in [2.05, 4.69) is 10.3 Å². The summed E-state index contributed by atoms with van der Waals surface area (Å²) in [5, 5.41) is 2.85. The van der Waals surface area contributed by atoms with Crippen LogP contribution in [0, 0.1) is 20.8 Å². The third-order valence-corrected chi connectivity index (χ3v) is 3.91. The summed E-state index contributed by atoms with van der Waals surface area (Å²) in [4.78, 5) is 16.4. The summed E-state index contributed by atoms with van der Waals surface area (Å²) in [7, 11) is 0. The van der Waals surface area contributed by atoms with Crippen molar-refractivity contribution in [3.05, 3.63) is 76.9 Å². The van der Waals surface area contributed by atoms with Gasteiger partial charge in [-0.05, 0) is 49.6 Å². The number of furan rings is 1. The number of hydrogen-bond donors (Lipinski definition) is 1. The Kier molecular flexibility index (Phi) is 4.84. The Hall–Kier alpha value is -3.08. The summed E-state index contributed by atoms with van der Waals surface area (Å²) in [6.07, 6.45) is 3.20. The number of aryl methyl sites for hydroxylation is 3. The Labute approximate surface area is 146 Å². The fourth-order valence-corrected chi connectivity index (χ4v) is 2.40. The van der Waals surface area contributed by atoms with Crippen molar-refractivity contribution in [3.63, 3.8) is 0 Å². The van der Waals surface area contributed by atoms with Crippen LogP contribution in [0.4, 0.5) is 0 Å². The van der Waals surface area contributed by atoms with Crippen LogP contribution in [-0.2, 0) is 6.54 Å². The number of hydrogen-bond acceptors (Lipinski definition) is 4. The van der Waals surface area contributed by atoms with Crippen LogP contribution in [0.15, 0.2) is 53.3 Å². The van der Waals surface area contributed by atoms with Gasteiger partial charge in [-0.25, -0.2) is 4.98 Å². The number of aromatic nitrogens is 1. The average molecular weight is 336 g/mol. The van der Waals surface area contributed by atoms with Crippen LogP contribution in [0.25, 0.3) is 0 Å². The summed E-state index contributed by atoms with van der Waals surface area (Å²) in [6, 6.07) is 11.4. The lowest BCUT2D eigenvalue weighted by molar-refractivity contribution is 0.0949. The van der Waals surface area contributed by atoms with Crippen molar-refractivity contribution in [1.82, 2.24) is 10.3 Å². The van der Waals surface area contributed by atoms with E-state index in [1.54, 1.807) is 25.3 Å². The van der Waals surface area contributed by atoms with Crippen molar-refractivity contribution in [1.29, 1.82) is 0 Å². The van der Waals surface area contributed by atoms with Crippen molar-refractivity contribution in [2.75, 3.05) is 0 Å². The standard InChI is InChI=1S/C20H20N2O3/c1-13-4-5-14(2)18(10-13)25-19-7-6-16(11-21-19)12-22-20(23)17-8-9-24-15(17)3/h4-11H,12H2,1-3H3,(H,22,23). The van der Waals surface area contributed by atoms with Gasteiger partial charge >= 0.3 is 0 Å². The molecule has 5 nitrogen and oxygen atoms in total. The molecule has 0 radical (unpaired) electrons. The van der Waals surface area contributed by atoms with Crippen molar-refractivity contribution in [2.45, 2.75) is 27.3 Å². The predicted molar refractivity (Wildman–Crippen MR) is 94.8 cm³/mol. The van der Waals surface area contributed by atoms with Gasteiger partial charge in [0.15, 0.2) is 0 Å². The van der Waals surface area contributed by atoms with Crippen LogP contribution in [0.1, 0.15) is 32.8 Å². The van der Waals surface area contributed by atoms with Gasteiger partial charge in [0.1, 0.15) is 11.5 Å². The van der Waals surface area contributed by atoms with Crippen LogP contribution in [0.2, 0.25) is 0 Å². The highest BCUT2D eigenvalue weighted by Gasteiger charge is 2.11. The van der Waals surface area contributed by atoms with Crippen LogP contribution in [-0.4, -0.2) is 10.9 Å². The molecule has 0 atom stereocenters. The molecule has 0 aliphatic rings. The monoisotopic (exact) mass is 336 g/mol. The van der Waals surface area contributed by atoms with Crippen molar-refractivity contribution >= 4 is 5.91 Å². The van der Waals surface area contributed by atoms with Crippen LogP contribution >= 0.6 is 0 Å². The average Bonchev–Trinajstić information content (AvgIpc) is 3.03. The second kappa shape index (κ2) is 7.21. The van der Waals surface area contributed by atoms with Gasteiger partial charge in [-0.3, -0.25) is 4.79 Å². The quantitative estimate of drug-likeness (QED) is 0.753. The normalized spacial score (nSPS) is 10.5. The number of carbonyl (C=O) groups excluding carboxylic acids is 1. The molecule has 0 saturated heterocycles. The molecule has 25 heavy (non-hydrogen) atoms. The van der Waals surface area contributed by atoms with E-state index in [1.807, 2.05) is 38.1 Å². The fourth-order valence-electron chi connectivity index (χ4n) is 2.40. The zero-order valence-electron chi connectivity index (χ0n) is 14.5. The van der Waals surface area contributed by atoms with Gasteiger partial charge in [-0.15, -0.1) is 0 Å². The first kappa shape index (κ1) is 16.8. The molecule has 3 rings (SSSR count). The smallest absolute Gasteiger partial charge is 0.255 e. The largest absolute Gasteiger partial charge is 0.469 e. The molecule has 1 N–H and O–H groups in total. The predicted octanol–water partition coefficient (Wildman–Crippen LogP) is 4.32. The summed E-state index contributed by atoms with van der Waals surface area (Å²) >= 11 is 0. The Morgan fingerprint density at radius 2 is 2.00 bits per heavy atom. The van der Waals surface area contributed by atoms with E-state index in [9.17, 15) is 4.79 Å². The number of pyridine rings is 1. The highest BCUT2D eigenvalue weighted by atomic mass is 16.5. The minimum absolute atomic E-state index is 0.165. The fraction of sp³-hybridized carbons (Fsp3) is 0.200. The summed E-state index contributed by atoms with van der Waals surface area (Å²) in [6.45, 7) is 6.17. The van der Waals surface area contributed by atoms with E-state index in [4.69, 9.17) is 9.15 Å². The van der Waals surface area contributed by atoms with Gasteiger partial charge in [0.2, 0.25) is 5.88 Å². The number of nitrogens with one attached hydrogen (secondary N) is 1. The molecule has 0 saturated carbocycles. The molecule has 0 bridgehead atoms. The Bertz CT molecular complexity index is 882. The number of rotatable bonds is 5. The molecule has 3 aromatic rings. The Morgan fingerprint density at radius 1 is 1.16 bits per heavy atom. The van der Waals surface area contributed by atoms with E-state index in [0.717, 1.165) is 22.4 Å². The molecule has 0 aliphatic carbocycles. The molecule has 2 heterocycles. The number of nitrogens with zero attached hydrogens (tertiary/aromatic N) is 1. The van der Waals surface area contributed by atoms with Crippen LogP contribution in [0.3, 0.4) is 0 Å². The van der Waals surface area contributed by atoms with E-state index in [-0.39, 0.29) is 5.91 Å². The van der Waals surface area contributed by atoms with E-state index < -0.39 is 0 Å². The third kappa shape index (κ3) is 4.07. The van der Waals surface area contributed by atoms with Gasteiger partial charge in [0.25, 0.3) is 5.91 Å². The molecule has 0 fully saturated rings. The van der Waals surface area contributed by atoms with E-state index in [1.165, 1.54) is 6.26 Å². The first-order valence-corrected chi connectivity index (χ1v) is 8.05. The van der Waals surface area contributed by atoms with Gasteiger partial charge in [-0.1, -0.05) is 18.2 Å². The summed E-state index contributed by atoms with van der Waals surface area (Å²) in [5.74, 6) is 1.76. The van der Waals surface area contributed by atoms with Gasteiger partial charge in [0.05, 0.1) is 11.8 Å². The van der Waals surface area contributed by atoms with Crippen molar-refractivity contribution in [2.24, 2.45) is 0 Å². The number of carbonyl (C=O) groups is 1.